The highest BCUT2D eigenvalue weighted by Crippen LogP contribution is 2.35. The molecule has 2 nitrogen and oxygen atoms in total. The highest BCUT2D eigenvalue weighted by molar-refractivity contribution is 9.10. The van der Waals surface area contributed by atoms with Gasteiger partial charge in [-0.2, -0.15) is 13.2 Å². The predicted molar refractivity (Wildman–Crippen MR) is 73.8 cm³/mol. The van der Waals surface area contributed by atoms with Crippen LogP contribution in [0.15, 0.2) is 16.6 Å². The van der Waals surface area contributed by atoms with Crippen LogP contribution in [-0.4, -0.2) is 30.1 Å². The van der Waals surface area contributed by atoms with Gasteiger partial charge in [-0.25, -0.2) is 4.39 Å². The van der Waals surface area contributed by atoms with Gasteiger partial charge in [0, 0.05) is 13.1 Å². The van der Waals surface area contributed by atoms with Gasteiger partial charge in [-0.3, -0.25) is 4.79 Å². The van der Waals surface area contributed by atoms with E-state index in [-0.39, 0.29) is 41.0 Å². The van der Waals surface area contributed by atoms with E-state index in [1.54, 1.807) is 0 Å². The maximum atomic E-state index is 13.5. The first-order valence-electron chi connectivity index (χ1n) is 6.20. The number of benzene rings is 1. The van der Waals surface area contributed by atoms with Crippen molar-refractivity contribution in [2.75, 3.05) is 13.1 Å². The van der Waals surface area contributed by atoms with Gasteiger partial charge in [-0.1, -0.05) is 11.6 Å². The number of carbonyl (C=O) groups excluding carboxylic acids is 1. The third-order valence-electron chi connectivity index (χ3n) is 3.49. The lowest BCUT2D eigenvalue weighted by Crippen LogP contribution is -2.42. The lowest BCUT2D eigenvalue weighted by molar-refractivity contribution is -0.183. The van der Waals surface area contributed by atoms with Crippen LogP contribution in [0.3, 0.4) is 0 Å². The van der Waals surface area contributed by atoms with Crippen LogP contribution in [0, 0.1) is 11.7 Å². The van der Waals surface area contributed by atoms with Gasteiger partial charge in [0.2, 0.25) is 0 Å². The number of hydrogen-bond acceptors (Lipinski definition) is 1. The molecule has 0 unspecified atom stereocenters. The molecule has 21 heavy (non-hydrogen) atoms. The van der Waals surface area contributed by atoms with Gasteiger partial charge in [-0.05, 0) is 40.9 Å². The molecule has 0 radical (unpaired) electrons. The van der Waals surface area contributed by atoms with Crippen LogP contribution >= 0.6 is 27.5 Å². The van der Waals surface area contributed by atoms with Crippen molar-refractivity contribution >= 4 is 33.4 Å². The number of alkyl halides is 3. The summed E-state index contributed by atoms with van der Waals surface area (Å²) in [7, 11) is 0. The van der Waals surface area contributed by atoms with E-state index in [0.29, 0.717) is 0 Å². The summed E-state index contributed by atoms with van der Waals surface area (Å²) >= 11 is 8.84. The molecule has 1 saturated heterocycles. The van der Waals surface area contributed by atoms with Crippen molar-refractivity contribution in [1.29, 1.82) is 0 Å². The molecule has 0 aliphatic carbocycles. The van der Waals surface area contributed by atoms with Crippen molar-refractivity contribution in [1.82, 2.24) is 4.90 Å². The van der Waals surface area contributed by atoms with E-state index in [0.717, 1.165) is 6.07 Å². The fraction of sp³-hybridized carbons (Fsp3) is 0.462. The second-order valence-corrected chi connectivity index (χ2v) is 6.12. The van der Waals surface area contributed by atoms with E-state index in [1.807, 2.05) is 0 Å². The number of hydrogen-bond donors (Lipinski definition) is 0. The van der Waals surface area contributed by atoms with Gasteiger partial charge in [0.1, 0.15) is 5.82 Å². The van der Waals surface area contributed by atoms with Crippen LogP contribution < -0.4 is 0 Å². The first kappa shape index (κ1) is 16.5. The molecule has 116 valence electrons. The first-order chi connectivity index (χ1) is 9.70. The molecule has 1 aliphatic rings. The van der Waals surface area contributed by atoms with Crippen molar-refractivity contribution in [3.63, 3.8) is 0 Å². The quantitative estimate of drug-likeness (QED) is 0.506. The molecule has 2 rings (SSSR count). The summed E-state index contributed by atoms with van der Waals surface area (Å²) in [5.74, 6) is -2.58. The molecular weight excluding hydrogens is 377 g/mol. The number of nitrogens with zero attached hydrogens (tertiary/aromatic N) is 1. The Morgan fingerprint density at radius 1 is 1.29 bits per heavy atom. The normalized spacial score (nSPS) is 17.1. The zero-order valence-corrected chi connectivity index (χ0v) is 13.0. The fourth-order valence-electron chi connectivity index (χ4n) is 2.27. The van der Waals surface area contributed by atoms with Gasteiger partial charge in [0.25, 0.3) is 5.91 Å². The average Bonchev–Trinajstić information content (AvgIpc) is 2.41. The third-order valence-corrected chi connectivity index (χ3v) is 4.41. The summed E-state index contributed by atoms with van der Waals surface area (Å²) in [6.07, 6.45) is -4.53. The van der Waals surface area contributed by atoms with E-state index in [1.165, 1.54) is 11.0 Å². The van der Waals surface area contributed by atoms with E-state index < -0.39 is 23.8 Å². The van der Waals surface area contributed by atoms with Crippen molar-refractivity contribution < 1.29 is 22.4 Å². The Labute approximate surface area is 132 Å². The summed E-state index contributed by atoms with van der Waals surface area (Å²) in [6.45, 7) is -0.0337. The topological polar surface area (TPSA) is 20.3 Å². The highest BCUT2D eigenvalue weighted by atomic mass is 79.9. The van der Waals surface area contributed by atoms with Gasteiger partial charge >= 0.3 is 6.18 Å². The zero-order chi connectivity index (χ0) is 15.8. The summed E-state index contributed by atoms with van der Waals surface area (Å²) < 4.78 is 51.3. The number of halogens is 6. The first-order valence-corrected chi connectivity index (χ1v) is 7.37. The van der Waals surface area contributed by atoms with Gasteiger partial charge < -0.3 is 4.90 Å². The molecule has 0 saturated carbocycles. The van der Waals surface area contributed by atoms with Gasteiger partial charge in [0.05, 0.1) is 21.0 Å². The monoisotopic (exact) mass is 387 g/mol. The van der Waals surface area contributed by atoms with Crippen molar-refractivity contribution in [2.24, 2.45) is 5.92 Å². The largest absolute Gasteiger partial charge is 0.391 e. The molecular formula is C13H11BrClF4NO. The Bertz CT molecular complexity index is 556. The Balaban J connectivity index is 2.11. The second kappa shape index (κ2) is 6.12. The third kappa shape index (κ3) is 3.69. The van der Waals surface area contributed by atoms with Crippen LogP contribution in [0.2, 0.25) is 5.02 Å². The van der Waals surface area contributed by atoms with Crippen molar-refractivity contribution in [2.45, 2.75) is 19.0 Å². The summed E-state index contributed by atoms with van der Waals surface area (Å²) in [6, 6.07) is 2.25. The summed E-state index contributed by atoms with van der Waals surface area (Å²) in [5, 5.41) is 0.0613. The molecule has 1 fully saturated rings. The fourth-order valence-corrected chi connectivity index (χ4v) is 2.99. The maximum absolute atomic E-state index is 13.5. The predicted octanol–water partition coefficient (Wildman–Crippen LogP) is 4.66. The maximum Gasteiger partial charge on any atom is 0.391 e. The van der Waals surface area contributed by atoms with Crippen LogP contribution in [0.25, 0.3) is 0 Å². The SMILES string of the molecule is O=C(c1cc(F)c(Br)cc1Cl)N1CCC(C(F)(F)F)CC1. The lowest BCUT2D eigenvalue weighted by Gasteiger charge is -2.33. The molecule has 0 N–H and O–H groups in total. The number of rotatable bonds is 1. The Morgan fingerprint density at radius 3 is 2.38 bits per heavy atom. The number of amides is 1. The molecule has 1 amide bonds. The minimum atomic E-state index is -4.24. The standard InChI is InChI=1S/C13H11BrClF4NO/c14-9-6-10(15)8(5-11(9)16)12(21)20-3-1-7(2-4-20)13(17,18)19/h5-7H,1-4H2. The number of piperidine rings is 1. The zero-order valence-electron chi connectivity index (χ0n) is 10.7. The molecule has 0 aromatic heterocycles. The molecule has 1 aromatic carbocycles. The van der Waals surface area contributed by atoms with Gasteiger partial charge in [0.15, 0.2) is 0 Å². The number of carbonyl (C=O) groups is 1. The average molecular weight is 389 g/mol. The van der Waals surface area contributed by atoms with E-state index in [2.05, 4.69) is 15.9 Å². The van der Waals surface area contributed by atoms with Crippen LogP contribution in [0.1, 0.15) is 23.2 Å². The van der Waals surface area contributed by atoms with Crippen molar-refractivity contribution in [3.8, 4) is 0 Å². The van der Waals surface area contributed by atoms with E-state index in [9.17, 15) is 22.4 Å². The second-order valence-electron chi connectivity index (χ2n) is 4.85. The summed E-state index contributed by atoms with van der Waals surface area (Å²) in [5.41, 5.74) is -0.0391. The molecule has 1 aliphatic heterocycles. The Kier molecular flexibility index (Phi) is 4.82. The minimum Gasteiger partial charge on any atom is -0.339 e. The van der Waals surface area contributed by atoms with Gasteiger partial charge in [-0.15, -0.1) is 0 Å². The van der Waals surface area contributed by atoms with Crippen molar-refractivity contribution in [3.05, 3.63) is 33.0 Å². The molecule has 1 heterocycles. The minimum absolute atomic E-state index is 0.0168. The highest BCUT2D eigenvalue weighted by Gasteiger charge is 2.41. The Morgan fingerprint density at radius 2 is 1.86 bits per heavy atom. The van der Waals surface area contributed by atoms with Crippen LogP contribution in [-0.2, 0) is 0 Å². The van der Waals surface area contributed by atoms with E-state index >= 15 is 0 Å². The van der Waals surface area contributed by atoms with E-state index in [4.69, 9.17) is 11.6 Å². The molecule has 1 aromatic rings. The summed E-state index contributed by atoms with van der Waals surface area (Å²) in [4.78, 5) is 13.5. The molecule has 0 atom stereocenters. The molecule has 0 bridgehead atoms. The van der Waals surface area contributed by atoms with Crippen LogP contribution in [0.5, 0.6) is 0 Å². The number of likely N-dealkylation sites (tertiary alicyclic amines) is 1. The lowest BCUT2D eigenvalue weighted by atomic mass is 9.96. The molecule has 0 spiro atoms. The Hall–Kier alpha value is -0.820. The van der Waals surface area contributed by atoms with Crippen LogP contribution in [0.4, 0.5) is 17.6 Å². The smallest absolute Gasteiger partial charge is 0.339 e. The molecule has 8 heteroatoms.